The number of nitrogens with zero attached hydrogens (tertiary/aromatic N) is 1. The molecule has 0 saturated carbocycles. The topological polar surface area (TPSA) is 12.9 Å². The summed E-state index contributed by atoms with van der Waals surface area (Å²) in [6.07, 6.45) is -1.01. The van der Waals surface area contributed by atoms with Gasteiger partial charge < -0.3 is 0 Å². The van der Waals surface area contributed by atoms with Gasteiger partial charge in [0.05, 0.1) is 0 Å². The minimum atomic E-state index is -2.34. The lowest BCUT2D eigenvalue weighted by molar-refractivity contribution is 0.410. The van der Waals surface area contributed by atoms with Crippen molar-refractivity contribution < 1.29 is 13.2 Å². The quantitative estimate of drug-likeness (QED) is 0.636. The van der Waals surface area contributed by atoms with Crippen LogP contribution in [0.4, 0.5) is 13.2 Å². The third-order valence-corrected chi connectivity index (χ3v) is 1.30. The summed E-state index contributed by atoms with van der Waals surface area (Å²) in [7, 11) is 0. The Kier molecular flexibility index (Phi) is 2.47. The first kappa shape index (κ1) is 8.77. The Hall–Kier alpha value is -1.32. The number of hydrogen-bond acceptors (Lipinski definition) is 1. The molecule has 0 fully saturated rings. The van der Waals surface area contributed by atoms with Crippen LogP contribution in [0.5, 0.6) is 0 Å². The van der Waals surface area contributed by atoms with E-state index in [1.807, 2.05) is 0 Å². The zero-order valence-electron chi connectivity index (χ0n) is 6.31. The van der Waals surface area contributed by atoms with Gasteiger partial charge in [-0.1, -0.05) is 6.07 Å². The summed E-state index contributed by atoms with van der Waals surface area (Å²) in [6.45, 7) is 1.74. The number of halogens is 3. The van der Waals surface area contributed by atoms with Crippen molar-refractivity contribution in [3.63, 3.8) is 0 Å². The fourth-order valence-corrected chi connectivity index (χ4v) is 0.694. The van der Waals surface area contributed by atoms with E-state index in [4.69, 9.17) is 0 Å². The predicted octanol–water partition coefficient (Wildman–Crippen LogP) is 2.92. The van der Waals surface area contributed by atoms with Crippen LogP contribution in [0.2, 0.25) is 0 Å². The first-order valence-electron chi connectivity index (χ1n) is 3.25. The molecule has 0 amide bonds. The lowest BCUT2D eigenvalue weighted by atomic mass is 10.2. The van der Waals surface area contributed by atoms with Crippen molar-refractivity contribution in [3.8, 4) is 0 Å². The molecule has 0 aliphatic heterocycles. The maximum Gasteiger partial charge on any atom is 0.307 e. The van der Waals surface area contributed by atoms with E-state index < -0.39 is 11.9 Å². The van der Waals surface area contributed by atoms with Crippen molar-refractivity contribution in [2.24, 2.45) is 0 Å². The maximum atomic E-state index is 12.5. The van der Waals surface area contributed by atoms with Gasteiger partial charge in [0.25, 0.3) is 0 Å². The maximum absolute atomic E-state index is 12.5. The van der Waals surface area contributed by atoms with E-state index in [-0.39, 0.29) is 5.69 Å². The summed E-state index contributed by atoms with van der Waals surface area (Å²) in [5.74, 6) is -1.56. The van der Waals surface area contributed by atoms with Gasteiger partial charge in [0.15, 0.2) is 0 Å². The van der Waals surface area contributed by atoms with Crippen molar-refractivity contribution >= 4 is 5.83 Å². The van der Waals surface area contributed by atoms with Crippen LogP contribution in [-0.2, 0) is 0 Å². The molecule has 0 atom stereocenters. The van der Waals surface area contributed by atoms with Crippen molar-refractivity contribution in [2.75, 3.05) is 0 Å². The van der Waals surface area contributed by atoms with Crippen LogP contribution in [0.1, 0.15) is 11.3 Å². The molecule has 0 aromatic carbocycles. The molecule has 0 saturated heterocycles. The lowest BCUT2D eigenvalue weighted by Crippen LogP contribution is -1.85. The highest BCUT2D eigenvalue weighted by Gasteiger charge is 2.08. The number of aromatic nitrogens is 1. The molecule has 0 spiro atoms. The molecular weight excluding hydrogens is 167 g/mol. The Labute approximate surface area is 67.6 Å². The Morgan fingerprint density at radius 3 is 2.33 bits per heavy atom. The van der Waals surface area contributed by atoms with E-state index in [0.29, 0.717) is 0 Å². The van der Waals surface area contributed by atoms with Gasteiger partial charge in [0.1, 0.15) is 5.69 Å². The van der Waals surface area contributed by atoms with Gasteiger partial charge in [0, 0.05) is 6.20 Å². The molecule has 4 heteroatoms. The molecule has 0 unspecified atom stereocenters. The summed E-state index contributed by atoms with van der Waals surface area (Å²) in [6, 6.07) is 2.73. The zero-order chi connectivity index (χ0) is 9.14. The molecule has 0 aliphatic carbocycles. The van der Waals surface area contributed by atoms with E-state index in [1.165, 1.54) is 18.3 Å². The van der Waals surface area contributed by atoms with Crippen LogP contribution in [0, 0.1) is 6.92 Å². The average molecular weight is 173 g/mol. The highest BCUT2D eigenvalue weighted by atomic mass is 19.3. The Morgan fingerprint density at radius 2 is 1.92 bits per heavy atom. The first-order chi connectivity index (χ1) is 5.61. The second-order valence-corrected chi connectivity index (χ2v) is 2.30. The fourth-order valence-electron chi connectivity index (χ4n) is 0.694. The monoisotopic (exact) mass is 173 g/mol. The Morgan fingerprint density at radius 1 is 1.25 bits per heavy atom. The molecule has 0 N–H and O–H groups in total. The molecule has 0 radical (unpaired) electrons. The highest BCUT2D eigenvalue weighted by molar-refractivity contribution is 5.55. The SMILES string of the molecule is Cc1ccc(C(F)=C(F)F)nc1. The van der Waals surface area contributed by atoms with Crippen LogP contribution in [-0.4, -0.2) is 4.98 Å². The highest BCUT2D eigenvalue weighted by Crippen LogP contribution is 2.19. The summed E-state index contributed by atoms with van der Waals surface area (Å²) >= 11 is 0. The van der Waals surface area contributed by atoms with E-state index >= 15 is 0 Å². The summed E-state index contributed by atoms with van der Waals surface area (Å²) in [4.78, 5) is 3.49. The largest absolute Gasteiger partial charge is 0.307 e. The predicted molar refractivity (Wildman–Crippen MR) is 39.2 cm³/mol. The van der Waals surface area contributed by atoms with Crippen molar-refractivity contribution in [2.45, 2.75) is 6.92 Å². The van der Waals surface area contributed by atoms with Crippen LogP contribution < -0.4 is 0 Å². The summed E-state index contributed by atoms with van der Waals surface area (Å²) in [5.41, 5.74) is 0.464. The van der Waals surface area contributed by atoms with Crippen LogP contribution in [0.3, 0.4) is 0 Å². The van der Waals surface area contributed by atoms with Gasteiger partial charge in [-0.3, -0.25) is 4.98 Å². The smallest absolute Gasteiger partial charge is 0.253 e. The lowest BCUT2D eigenvalue weighted by Gasteiger charge is -1.95. The van der Waals surface area contributed by atoms with E-state index in [0.717, 1.165) is 5.56 Å². The molecular formula is C8H6F3N. The average Bonchev–Trinajstić information content (AvgIpc) is 2.04. The molecule has 0 aliphatic rings. The van der Waals surface area contributed by atoms with Gasteiger partial charge in [-0.2, -0.15) is 13.2 Å². The van der Waals surface area contributed by atoms with Gasteiger partial charge in [-0.05, 0) is 18.6 Å². The Bertz CT molecular complexity index is 299. The number of hydrogen-bond donors (Lipinski definition) is 0. The third-order valence-electron chi connectivity index (χ3n) is 1.30. The molecule has 0 bridgehead atoms. The van der Waals surface area contributed by atoms with Crippen molar-refractivity contribution in [1.82, 2.24) is 4.98 Å². The van der Waals surface area contributed by atoms with Crippen molar-refractivity contribution in [1.29, 1.82) is 0 Å². The fraction of sp³-hybridized carbons (Fsp3) is 0.125. The summed E-state index contributed by atoms with van der Waals surface area (Å²) < 4.78 is 35.8. The second kappa shape index (κ2) is 3.38. The van der Waals surface area contributed by atoms with E-state index in [2.05, 4.69) is 4.98 Å². The molecule has 1 aromatic rings. The Balaban J connectivity index is 3.06. The number of rotatable bonds is 1. The van der Waals surface area contributed by atoms with E-state index in [9.17, 15) is 13.2 Å². The standard InChI is InChI=1S/C8H6F3N/c1-5-2-3-6(12-4-5)7(9)8(10)11/h2-4H,1H3. The van der Waals surface area contributed by atoms with E-state index in [1.54, 1.807) is 6.92 Å². The third kappa shape index (κ3) is 1.84. The molecule has 12 heavy (non-hydrogen) atoms. The number of pyridine rings is 1. The molecule has 64 valence electrons. The minimum absolute atomic E-state index is 0.333. The molecule has 1 aromatic heterocycles. The molecule has 1 rings (SSSR count). The number of aryl methyl sites for hydroxylation is 1. The normalized spacial score (nSPS) is 9.67. The van der Waals surface area contributed by atoms with Gasteiger partial charge >= 0.3 is 6.08 Å². The van der Waals surface area contributed by atoms with Crippen LogP contribution in [0.25, 0.3) is 5.83 Å². The van der Waals surface area contributed by atoms with Gasteiger partial charge in [-0.15, -0.1) is 0 Å². The van der Waals surface area contributed by atoms with Gasteiger partial charge in [0.2, 0.25) is 5.83 Å². The van der Waals surface area contributed by atoms with Crippen LogP contribution >= 0.6 is 0 Å². The van der Waals surface area contributed by atoms with Gasteiger partial charge in [-0.25, -0.2) is 0 Å². The zero-order valence-corrected chi connectivity index (χ0v) is 6.31. The minimum Gasteiger partial charge on any atom is -0.253 e. The first-order valence-corrected chi connectivity index (χ1v) is 3.25. The van der Waals surface area contributed by atoms with Crippen LogP contribution in [0.15, 0.2) is 24.4 Å². The van der Waals surface area contributed by atoms with Crippen molar-refractivity contribution in [3.05, 3.63) is 35.7 Å². The second-order valence-electron chi connectivity index (χ2n) is 2.30. The summed E-state index contributed by atoms with van der Waals surface area (Å²) in [5, 5.41) is 0. The molecule has 1 heterocycles. The molecule has 1 nitrogen and oxygen atoms in total.